The summed E-state index contributed by atoms with van der Waals surface area (Å²) in [7, 11) is 1.20. The maximum Gasteiger partial charge on any atom is 0.306 e. The molecule has 0 rings (SSSR count). The highest BCUT2D eigenvalue weighted by Gasteiger charge is 2.27. The van der Waals surface area contributed by atoms with E-state index in [0.717, 1.165) is 70.6 Å². The number of allylic oxidation sites excluding steroid dienone is 3. The lowest BCUT2D eigenvalue weighted by atomic mass is 10.0. The molecule has 10 heteroatoms. The molecule has 0 fully saturated rings. The van der Waals surface area contributed by atoms with Crippen LogP contribution in [0.1, 0.15) is 361 Å². The van der Waals surface area contributed by atoms with Crippen LogP contribution in [0.5, 0.6) is 0 Å². The minimum Gasteiger partial charge on any atom is -0.756 e. The first-order valence-electron chi connectivity index (χ1n) is 35.1. The number of quaternary nitrogens is 1. The van der Waals surface area contributed by atoms with E-state index in [2.05, 4.69) is 38.2 Å². The number of amides is 1. The van der Waals surface area contributed by atoms with Gasteiger partial charge in [0.15, 0.2) is 0 Å². The molecule has 0 bridgehead atoms. The zero-order chi connectivity index (χ0) is 58.6. The Kier molecular flexibility index (Phi) is 59.5. The van der Waals surface area contributed by atoms with Gasteiger partial charge >= 0.3 is 5.97 Å². The average Bonchev–Trinajstić information content (AvgIpc) is 3.42. The van der Waals surface area contributed by atoms with Crippen LogP contribution < -0.4 is 10.2 Å². The quantitative estimate of drug-likeness (QED) is 0.0212. The third-order valence-electron chi connectivity index (χ3n) is 16.1. The molecule has 0 heterocycles. The van der Waals surface area contributed by atoms with Crippen molar-refractivity contribution >= 4 is 19.7 Å². The largest absolute Gasteiger partial charge is 0.756 e. The summed E-state index contributed by atoms with van der Waals surface area (Å²) >= 11 is 0. The molecule has 0 radical (unpaired) electrons. The van der Waals surface area contributed by atoms with Crippen molar-refractivity contribution in [2.24, 2.45) is 0 Å². The Balaban J connectivity index is 4.95. The van der Waals surface area contributed by atoms with E-state index in [9.17, 15) is 19.0 Å². The third kappa shape index (κ3) is 61.1. The molecule has 3 atom stereocenters. The first-order valence-corrected chi connectivity index (χ1v) is 36.6. The van der Waals surface area contributed by atoms with Crippen LogP contribution in [0, 0.1) is 0 Å². The molecule has 80 heavy (non-hydrogen) atoms. The minimum absolute atomic E-state index is 0.0195. The Hall–Kier alpha value is -1.51. The Labute approximate surface area is 498 Å². The number of nitrogens with zero attached hydrogens (tertiary/aromatic N) is 1. The van der Waals surface area contributed by atoms with E-state index in [-0.39, 0.29) is 31.5 Å². The number of carbonyl (C=O) groups excluding carboxylic acids is 2. The van der Waals surface area contributed by atoms with Crippen molar-refractivity contribution in [1.82, 2.24) is 5.32 Å². The van der Waals surface area contributed by atoms with Gasteiger partial charge in [0, 0.05) is 12.8 Å². The normalized spacial score (nSPS) is 13.6. The molecule has 0 spiro atoms. The van der Waals surface area contributed by atoms with E-state index in [4.69, 9.17) is 13.8 Å². The van der Waals surface area contributed by atoms with Gasteiger partial charge in [0.1, 0.15) is 19.3 Å². The highest BCUT2D eigenvalue weighted by atomic mass is 31.2. The monoisotopic (exact) mass is 1150 g/mol. The Morgan fingerprint density at radius 3 is 1.07 bits per heavy atom. The topological polar surface area (TPSA) is 114 Å². The van der Waals surface area contributed by atoms with Crippen molar-refractivity contribution in [2.45, 2.75) is 373 Å². The van der Waals surface area contributed by atoms with Crippen LogP contribution in [0.25, 0.3) is 0 Å². The van der Waals surface area contributed by atoms with E-state index in [1.807, 2.05) is 33.3 Å². The van der Waals surface area contributed by atoms with Gasteiger partial charge in [-0.15, -0.1) is 0 Å². The minimum atomic E-state index is -4.70. The standard InChI is InChI=1S/C70H137N2O7P/c1-7-10-13-16-19-22-25-28-30-31-32-33-34-35-36-37-38-39-40-41-43-45-48-51-54-57-60-63-70(74)79-68(61-58-55-52-49-46-27-24-21-18-15-12-9-3)67(66-78-80(75,76)77-65-64-72(4,5)6)71-69(73)62-59-56-53-50-47-44-42-29-26-23-20-17-14-11-8-2/h23,26,58,61,67-68H,7-22,24-25,27-57,59-60,62-66H2,1-6H3,(H-,71,73,75,76)/b26-23-,61-58-. The predicted octanol–water partition coefficient (Wildman–Crippen LogP) is 21.4. The molecule has 0 saturated carbocycles. The Morgan fingerprint density at radius 1 is 0.425 bits per heavy atom. The van der Waals surface area contributed by atoms with Gasteiger partial charge in [0.25, 0.3) is 7.82 Å². The lowest BCUT2D eigenvalue weighted by Gasteiger charge is -2.30. The molecule has 474 valence electrons. The Morgan fingerprint density at radius 2 is 0.725 bits per heavy atom. The third-order valence-corrected chi connectivity index (χ3v) is 17.1. The number of ether oxygens (including phenoxy) is 1. The summed E-state index contributed by atoms with van der Waals surface area (Å²) in [5.41, 5.74) is 0. The van der Waals surface area contributed by atoms with Crippen molar-refractivity contribution in [3.8, 4) is 0 Å². The maximum absolute atomic E-state index is 13.5. The van der Waals surface area contributed by atoms with Crippen molar-refractivity contribution in [3.05, 3.63) is 24.3 Å². The number of carbonyl (C=O) groups is 2. The molecule has 1 N–H and O–H groups in total. The molecule has 3 unspecified atom stereocenters. The SMILES string of the molecule is CCCCCC/C=C\CCCCCCCCCC(=O)NC(COP(=O)([O-])OCC[N+](C)(C)C)C(/C=C\CCCCCCCCCCCC)OC(=O)CCCCCCCCCCCCCCCCCCCCCCCCCCCCC. The van der Waals surface area contributed by atoms with Gasteiger partial charge in [-0.1, -0.05) is 315 Å². The van der Waals surface area contributed by atoms with Gasteiger partial charge in [-0.25, -0.2) is 0 Å². The van der Waals surface area contributed by atoms with Gasteiger partial charge in [-0.3, -0.25) is 14.2 Å². The molecule has 0 aliphatic carbocycles. The average molecular weight is 1150 g/mol. The van der Waals surface area contributed by atoms with Gasteiger partial charge in [0.2, 0.25) is 5.91 Å². The number of esters is 1. The number of hydrogen-bond acceptors (Lipinski definition) is 7. The molecule has 0 aromatic rings. The van der Waals surface area contributed by atoms with Crippen LogP contribution in [-0.4, -0.2) is 69.4 Å². The summed E-state index contributed by atoms with van der Waals surface area (Å²) in [5.74, 6) is -0.526. The number of unbranched alkanes of at least 4 members (excludes halogenated alkanes) is 47. The second-order valence-electron chi connectivity index (χ2n) is 25.4. The summed E-state index contributed by atoms with van der Waals surface area (Å²) < 4.78 is 30.4. The van der Waals surface area contributed by atoms with Crippen molar-refractivity contribution in [1.29, 1.82) is 0 Å². The first kappa shape index (κ1) is 78.5. The Bertz CT molecular complexity index is 1420. The number of phosphoric acid groups is 1. The van der Waals surface area contributed by atoms with Crippen molar-refractivity contribution in [2.75, 3.05) is 40.9 Å². The van der Waals surface area contributed by atoms with Crippen molar-refractivity contribution in [3.63, 3.8) is 0 Å². The molecular weight excluding hydrogens is 1010 g/mol. The maximum atomic E-state index is 13.5. The summed E-state index contributed by atoms with van der Waals surface area (Å²) in [5, 5.41) is 3.04. The van der Waals surface area contributed by atoms with Gasteiger partial charge in [-0.2, -0.15) is 0 Å². The molecule has 0 aliphatic rings. The van der Waals surface area contributed by atoms with E-state index in [0.29, 0.717) is 17.4 Å². The predicted molar refractivity (Wildman–Crippen MR) is 344 cm³/mol. The van der Waals surface area contributed by atoms with Crippen molar-refractivity contribution < 1.29 is 37.3 Å². The molecule has 1 amide bonds. The number of likely N-dealkylation sites (N-methyl/N-ethyl adjacent to an activating group) is 1. The first-order chi connectivity index (χ1) is 38.9. The van der Waals surface area contributed by atoms with E-state index >= 15 is 0 Å². The molecular formula is C70H137N2O7P. The second-order valence-corrected chi connectivity index (χ2v) is 26.8. The highest BCUT2D eigenvalue weighted by Crippen LogP contribution is 2.38. The van der Waals surface area contributed by atoms with Gasteiger partial charge in [0.05, 0.1) is 33.8 Å². The fraction of sp³-hybridized carbons (Fsp3) is 0.914. The van der Waals surface area contributed by atoms with E-state index in [1.165, 1.54) is 257 Å². The fourth-order valence-electron chi connectivity index (χ4n) is 10.7. The van der Waals surface area contributed by atoms with Crippen LogP contribution in [0.3, 0.4) is 0 Å². The van der Waals surface area contributed by atoms with E-state index < -0.39 is 20.0 Å². The number of rotatable bonds is 65. The zero-order valence-corrected chi connectivity index (χ0v) is 55.2. The summed E-state index contributed by atoms with van der Waals surface area (Å²) in [6.07, 6.45) is 73.1. The lowest BCUT2D eigenvalue weighted by Crippen LogP contribution is -2.47. The number of hydrogen-bond donors (Lipinski definition) is 1. The number of nitrogens with one attached hydrogen (secondary N) is 1. The highest BCUT2D eigenvalue weighted by molar-refractivity contribution is 7.45. The van der Waals surface area contributed by atoms with Crippen LogP contribution in [0.2, 0.25) is 0 Å². The summed E-state index contributed by atoms with van der Waals surface area (Å²) in [6.45, 7) is 6.88. The van der Waals surface area contributed by atoms with Crippen LogP contribution in [-0.2, 0) is 27.9 Å². The van der Waals surface area contributed by atoms with Gasteiger partial charge < -0.3 is 28.5 Å². The summed E-state index contributed by atoms with van der Waals surface area (Å²) in [4.78, 5) is 40.1. The second kappa shape index (κ2) is 60.6. The van der Waals surface area contributed by atoms with Crippen LogP contribution in [0.15, 0.2) is 24.3 Å². The molecule has 0 aromatic carbocycles. The molecule has 0 aliphatic heterocycles. The molecule has 9 nitrogen and oxygen atoms in total. The van der Waals surface area contributed by atoms with Crippen LogP contribution in [0.4, 0.5) is 0 Å². The molecule has 0 saturated heterocycles. The summed E-state index contributed by atoms with van der Waals surface area (Å²) in [6, 6.07) is -0.885. The zero-order valence-electron chi connectivity index (χ0n) is 54.3. The van der Waals surface area contributed by atoms with Crippen LogP contribution >= 0.6 is 7.82 Å². The molecule has 0 aromatic heterocycles. The number of phosphoric ester groups is 1. The van der Waals surface area contributed by atoms with Gasteiger partial charge in [-0.05, 0) is 57.4 Å². The van der Waals surface area contributed by atoms with E-state index in [1.54, 1.807) is 0 Å². The fourth-order valence-corrected chi connectivity index (χ4v) is 11.4. The lowest BCUT2D eigenvalue weighted by molar-refractivity contribution is -0.870. The smallest absolute Gasteiger partial charge is 0.306 e.